The fourth-order valence-corrected chi connectivity index (χ4v) is 4.84. The lowest BCUT2D eigenvalue weighted by atomic mass is 9.94. The van der Waals surface area contributed by atoms with Crippen LogP contribution in [0.3, 0.4) is 0 Å². The Labute approximate surface area is 160 Å². The van der Waals surface area contributed by atoms with Crippen molar-refractivity contribution in [2.24, 2.45) is 0 Å². The number of aromatic nitrogens is 2. The first kappa shape index (κ1) is 18.0. The van der Waals surface area contributed by atoms with E-state index in [9.17, 15) is 0 Å². The van der Waals surface area contributed by atoms with E-state index in [2.05, 4.69) is 26.9 Å². The summed E-state index contributed by atoms with van der Waals surface area (Å²) >= 11 is 1.80. The first-order valence-corrected chi connectivity index (χ1v) is 10.8. The van der Waals surface area contributed by atoms with Crippen LogP contribution in [-0.2, 0) is 6.54 Å². The highest BCUT2D eigenvalue weighted by atomic mass is 32.2. The molecule has 4 rings (SSSR count). The van der Waals surface area contributed by atoms with Crippen LogP contribution in [-0.4, -0.2) is 58.2 Å². The molecule has 2 aliphatic rings. The number of hydrogen-bond acceptors (Lipinski definition) is 6. The summed E-state index contributed by atoms with van der Waals surface area (Å²) in [6.45, 7) is 6.87. The Morgan fingerprint density at radius 3 is 2.85 bits per heavy atom. The van der Waals surface area contributed by atoms with Gasteiger partial charge >= 0.3 is 0 Å². The average Bonchev–Trinajstić information content (AvgIpc) is 3.37. The van der Waals surface area contributed by atoms with Crippen molar-refractivity contribution in [3.63, 3.8) is 0 Å². The van der Waals surface area contributed by atoms with Crippen molar-refractivity contribution in [1.82, 2.24) is 19.8 Å². The van der Waals surface area contributed by atoms with E-state index < -0.39 is 0 Å². The lowest BCUT2D eigenvalue weighted by molar-refractivity contribution is 0.197. The topological polar surface area (TPSA) is 45.4 Å². The van der Waals surface area contributed by atoms with Gasteiger partial charge in [-0.05, 0) is 57.5 Å². The fourth-order valence-electron chi connectivity index (χ4n) is 4.00. The second-order valence-corrected chi connectivity index (χ2v) is 8.43. The molecule has 6 heteroatoms. The lowest BCUT2D eigenvalue weighted by Gasteiger charge is -2.32. The maximum absolute atomic E-state index is 5.20. The van der Waals surface area contributed by atoms with Crippen molar-refractivity contribution in [3.8, 4) is 0 Å². The number of furan rings is 1. The maximum Gasteiger partial charge on any atom is 0.187 e. The van der Waals surface area contributed by atoms with Crippen molar-refractivity contribution in [3.05, 3.63) is 42.1 Å². The van der Waals surface area contributed by atoms with Crippen LogP contribution in [0.5, 0.6) is 0 Å². The van der Waals surface area contributed by atoms with Crippen molar-refractivity contribution in [1.29, 1.82) is 0 Å². The molecule has 0 N–H and O–H groups in total. The van der Waals surface area contributed by atoms with Gasteiger partial charge in [0.1, 0.15) is 0 Å². The summed E-state index contributed by atoms with van der Waals surface area (Å²) in [4.78, 5) is 14.4. The zero-order valence-corrected chi connectivity index (χ0v) is 16.2. The number of rotatable bonds is 7. The van der Waals surface area contributed by atoms with Crippen LogP contribution >= 0.6 is 11.8 Å². The molecule has 0 amide bonds. The number of piperidine rings is 1. The van der Waals surface area contributed by atoms with E-state index in [0.717, 1.165) is 37.1 Å². The summed E-state index contributed by atoms with van der Waals surface area (Å²) in [6.07, 6.45) is 10.7. The Morgan fingerprint density at radius 1 is 1.12 bits per heavy atom. The minimum atomic E-state index is 0.511. The van der Waals surface area contributed by atoms with Gasteiger partial charge in [0, 0.05) is 48.8 Å². The fraction of sp³-hybridized carbons (Fsp3) is 0.600. The molecule has 0 saturated carbocycles. The molecule has 0 bridgehead atoms. The van der Waals surface area contributed by atoms with Crippen LogP contribution in [0, 0.1) is 0 Å². The van der Waals surface area contributed by atoms with Crippen molar-refractivity contribution < 1.29 is 4.42 Å². The van der Waals surface area contributed by atoms with Gasteiger partial charge in [0.15, 0.2) is 5.16 Å². The summed E-state index contributed by atoms with van der Waals surface area (Å²) in [6, 6.07) is 4.17. The molecular formula is C20H28N4OS. The van der Waals surface area contributed by atoms with E-state index in [1.54, 1.807) is 18.0 Å². The standard InChI is InChI=1S/C20H28N4OS/c1-2-9-23(8-1)11-13-26-20-21-7-5-19(22-20)18-4-3-10-24(15-18)14-17-6-12-25-16-17/h5-7,12,16,18H,1-4,8-11,13-15H2/t18-/m0/s1. The summed E-state index contributed by atoms with van der Waals surface area (Å²) in [5.74, 6) is 1.59. The molecule has 0 aliphatic carbocycles. The monoisotopic (exact) mass is 372 g/mol. The van der Waals surface area contributed by atoms with Crippen LogP contribution in [0.15, 0.2) is 40.4 Å². The normalized spacial score (nSPS) is 22.1. The molecule has 0 spiro atoms. The van der Waals surface area contributed by atoms with Crippen LogP contribution in [0.4, 0.5) is 0 Å². The first-order valence-electron chi connectivity index (χ1n) is 9.78. The predicted molar refractivity (Wildman–Crippen MR) is 104 cm³/mol. The molecule has 0 radical (unpaired) electrons. The van der Waals surface area contributed by atoms with Gasteiger partial charge in [-0.15, -0.1) is 0 Å². The summed E-state index contributed by atoms with van der Waals surface area (Å²) < 4.78 is 5.20. The van der Waals surface area contributed by atoms with E-state index in [1.165, 1.54) is 50.0 Å². The summed E-state index contributed by atoms with van der Waals surface area (Å²) in [5, 5.41) is 0.939. The molecule has 2 fully saturated rings. The quantitative estimate of drug-likeness (QED) is 0.546. The molecule has 26 heavy (non-hydrogen) atoms. The first-order chi connectivity index (χ1) is 12.9. The van der Waals surface area contributed by atoms with Crippen molar-refractivity contribution >= 4 is 11.8 Å². The molecular weight excluding hydrogens is 344 g/mol. The molecule has 0 aromatic carbocycles. The van der Waals surface area contributed by atoms with Crippen LogP contribution in [0.2, 0.25) is 0 Å². The zero-order valence-electron chi connectivity index (χ0n) is 15.3. The third-order valence-corrected chi connectivity index (χ3v) is 6.24. The van der Waals surface area contributed by atoms with Gasteiger partial charge in [0.25, 0.3) is 0 Å². The Hall–Kier alpha value is -1.37. The third-order valence-electron chi connectivity index (χ3n) is 5.40. The molecule has 0 unspecified atom stereocenters. The molecule has 2 saturated heterocycles. The van der Waals surface area contributed by atoms with Gasteiger partial charge in [-0.2, -0.15) is 0 Å². The highest BCUT2D eigenvalue weighted by Crippen LogP contribution is 2.27. The molecule has 5 nitrogen and oxygen atoms in total. The van der Waals surface area contributed by atoms with Crippen LogP contribution in [0.1, 0.15) is 42.9 Å². The SMILES string of the molecule is c1cc([C@H]2CCCN(Cc3ccoc3)C2)nc(SCCN2CCCC2)n1. The van der Waals surface area contributed by atoms with E-state index >= 15 is 0 Å². The maximum atomic E-state index is 5.20. The summed E-state index contributed by atoms with van der Waals surface area (Å²) in [7, 11) is 0. The number of thioether (sulfide) groups is 1. The second-order valence-electron chi connectivity index (χ2n) is 7.37. The van der Waals surface area contributed by atoms with Crippen molar-refractivity contribution in [2.75, 3.05) is 38.5 Å². The van der Waals surface area contributed by atoms with E-state index in [-0.39, 0.29) is 0 Å². The van der Waals surface area contributed by atoms with E-state index in [1.807, 2.05) is 12.5 Å². The van der Waals surface area contributed by atoms with Gasteiger partial charge in [0.2, 0.25) is 0 Å². The molecule has 2 aromatic rings. The van der Waals surface area contributed by atoms with Crippen LogP contribution < -0.4 is 0 Å². The molecule has 1 atom stereocenters. The highest BCUT2D eigenvalue weighted by molar-refractivity contribution is 7.99. The Bertz CT molecular complexity index is 672. The number of nitrogens with zero attached hydrogens (tertiary/aromatic N) is 4. The number of hydrogen-bond donors (Lipinski definition) is 0. The minimum Gasteiger partial charge on any atom is -0.472 e. The van der Waals surface area contributed by atoms with Crippen molar-refractivity contribution in [2.45, 2.75) is 43.3 Å². The van der Waals surface area contributed by atoms with Gasteiger partial charge in [-0.1, -0.05) is 11.8 Å². The largest absolute Gasteiger partial charge is 0.472 e. The molecule has 2 aromatic heterocycles. The molecule has 2 aliphatic heterocycles. The van der Waals surface area contributed by atoms with Gasteiger partial charge in [-0.3, -0.25) is 4.90 Å². The van der Waals surface area contributed by atoms with Gasteiger partial charge < -0.3 is 9.32 Å². The highest BCUT2D eigenvalue weighted by Gasteiger charge is 2.23. The number of likely N-dealkylation sites (tertiary alicyclic amines) is 2. The predicted octanol–water partition coefficient (Wildman–Crippen LogP) is 3.64. The molecule has 140 valence electrons. The van der Waals surface area contributed by atoms with Gasteiger partial charge in [0.05, 0.1) is 12.5 Å². The Kier molecular flexibility index (Phi) is 6.25. The third kappa shape index (κ3) is 4.87. The van der Waals surface area contributed by atoms with E-state index in [0.29, 0.717) is 5.92 Å². The Balaban J connectivity index is 1.31. The lowest BCUT2D eigenvalue weighted by Crippen LogP contribution is -2.34. The van der Waals surface area contributed by atoms with E-state index in [4.69, 9.17) is 9.40 Å². The molecule has 4 heterocycles. The van der Waals surface area contributed by atoms with Gasteiger partial charge in [-0.25, -0.2) is 9.97 Å². The average molecular weight is 373 g/mol. The minimum absolute atomic E-state index is 0.511. The smallest absolute Gasteiger partial charge is 0.187 e. The Morgan fingerprint density at radius 2 is 2.00 bits per heavy atom. The second kappa shape index (κ2) is 9.02. The summed E-state index contributed by atoms with van der Waals surface area (Å²) in [5.41, 5.74) is 2.46. The zero-order chi connectivity index (χ0) is 17.6. The van der Waals surface area contributed by atoms with Crippen LogP contribution in [0.25, 0.3) is 0 Å².